The number of pyridine rings is 1. The van der Waals surface area contributed by atoms with Crippen molar-refractivity contribution >= 4 is 40.5 Å². The van der Waals surface area contributed by atoms with Crippen molar-refractivity contribution in [3.8, 4) is 5.75 Å². The minimum atomic E-state index is -0.212. The molecule has 162 valence electrons. The predicted molar refractivity (Wildman–Crippen MR) is 129 cm³/mol. The first kappa shape index (κ1) is 22.6. The molecule has 0 aliphatic heterocycles. The lowest BCUT2D eigenvalue weighted by atomic mass is 10.1. The summed E-state index contributed by atoms with van der Waals surface area (Å²) in [4.78, 5) is 20.1. The molecule has 31 heavy (non-hydrogen) atoms. The summed E-state index contributed by atoms with van der Waals surface area (Å²) in [6.45, 7) is 9.86. The molecule has 3 aromatic rings. The van der Waals surface area contributed by atoms with E-state index >= 15 is 0 Å². The number of carbonyl (C=O) groups excluding carboxylic acids is 1. The van der Waals surface area contributed by atoms with Crippen molar-refractivity contribution in [3.05, 3.63) is 59.3 Å². The molecule has 2 N–H and O–H groups in total. The molecule has 1 aromatic heterocycles. The van der Waals surface area contributed by atoms with Gasteiger partial charge in [-0.05, 0) is 51.5 Å². The molecule has 0 fully saturated rings. The maximum Gasteiger partial charge on any atom is 0.250 e. The molecule has 0 aliphatic rings. The fraction of sp³-hybridized carbons (Fsp3) is 0.292. The van der Waals surface area contributed by atoms with E-state index < -0.39 is 0 Å². The second-order valence-corrected chi connectivity index (χ2v) is 8.25. The normalized spacial score (nSPS) is 11.2. The van der Waals surface area contributed by atoms with E-state index in [1.807, 2.05) is 44.2 Å². The number of phenols is 1. The van der Waals surface area contributed by atoms with Crippen LogP contribution >= 0.6 is 11.8 Å². The molecule has 0 radical (unpaired) electrons. The van der Waals surface area contributed by atoms with Gasteiger partial charge in [-0.2, -0.15) is 5.10 Å². The summed E-state index contributed by atoms with van der Waals surface area (Å²) in [6.07, 6.45) is 1.46. The van der Waals surface area contributed by atoms with Crippen LogP contribution in [0.25, 0.3) is 10.9 Å². The van der Waals surface area contributed by atoms with E-state index in [9.17, 15) is 9.90 Å². The highest BCUT2D eigenvalue weighted by atomic mass is 32.2. The Morgan fingerprint density at radius 1 is 1.19 bits per heavy atom. The third-order valence-electron chi connectivity index (χ3n) is 5.03. The van der Waals surface area contributed by atoms with Crippen molar-refractivity contribution in [1.82, 2.24) is 10.4 Å². The summed E-state index contributed by atoms with van der Waals surface area (Å²) in [7, 11) is 0. The number of anilines is 1. The van der Waals surface area contributed by atoms with Gasteiger partial charge in [0.05, 0.1) is 17.5 Å². The van der Waals surface area contributed by atoms with Crippen LogP contribution in [0.1, 0.15) is 30.7 Å². The Hall–Kier alpha value is -3.06. The zero-order valence-electron chi connectivity index (χ0n) is 18.3. The van der Waals surface area contributed by atoms with Crippen molar-refractivity contribution in [3.63, 3.8) is 0 Å². The Labute approximate surface area is 187 Å². The molecule has 3 rings (SSSR count). The van der Waals surface area contributed by atoms with Gasteiger partial charge in [0, 0.05) is 46.4 Å². The second kappa shape index (κ2) is 10.3. The highest BCUT2D eigenvalue weighted by Crippen LogP contribution is 2.29. The number of para-hydroxylation sites is 1. The number of nitrogens with one attached hydrogen (secondary N) is 1. The third-order valence-corrected chi connectivity index (χ3v) is 6.08. The molecule has 0 saturated carbocycles. The molecular formula is C24H28N4O2S. The van der Waals surface area contributed by atoms with Gasteiger partial charge in [-0.1, -0.05) is 18.2 Å². The molecule has 0 saturated heterocycles. The number of benzene rings is 2. The quantitative estimate of drug-likeness (QED) is 0.305. The van der Waals surface area contributed by atoms with Gasteiger partial charge in [-0.3, -0.25) is 9.78 Å². The Balaban J connectivity index is 1.62. The molecule has 0 atom stereocenters. The molecule has 2 aromatic carbocycles. The smallest absolute Gasteiger partial charge is 0.250 e. The van der Waals surface area contributed by atoms with E-state index in [0.29, 0.717) is 5.56 Å². The summed E-state index contributed by atoms with van der Waals surface area (Å²) in [5.41, 5.74) is 7.04. The summed E-state index contributed by atoms with van der Waals surface area (Å²) < 4.78 is 0. The highest BCUT2D eigenvalue weighted by Gasteiger charge is 2.09. The molecule has 1 amide bonds. The molecular weight excluding hydrogens is 408 g/mol. The molecule has 7 heteroatoms. The van der Waals surface area contributed by atoms with Crippen LogP contribution in [0.15, 0.2) is 52.5 Å². The van der Waals surface area contributed by atoms with E-state index in [2.05, 4.69) is 34.3 Å². The van der Waals surface area contributed by atoms with Crippen LogP contribution in [-0.4, -0.2) is 41.1 Å². The third kappa shape index (κ3) is 5.55. The molecule has 0 aliphatic carbocycles. The second-order valence-electron chi connectivity index (χ2n) is 7.23. The number of carbonyl (C=O) groups is 1. The van der Waals surface area contributed by atoms with Gasteiger partial charge in [0.15, 0.2) is 0 Å². The number of aromatic hydroxyl groups is 1. The molecule has 0 bridgehead atoms. The zero-order chi connectivity index (χ0) is 22.4. The highest BCUT2D eigenvalue weighted by molar-refractivity contribution is 8.00. The molecule has 1 heterocycles. The van der Waals surface area contributed by atoms with Crippen molar-refractivity contribution in [2.75, 3.05) is 23.7 Å². The van der Waals surface area contributed by atoms with Gasteiger partial charge in [0.25, 0.3) is 0 Å². The average molecular weight is 437 g/mol. The number of rotatable bonds is 8. The van der Waals surface area contributed by atoms with Crippen molar-refractivity contribution in [2.45, 2.75) is 32.6 Å². The van der Waals surface area contributed by atoms with Crippen molar-refractivity contribution in [1.29, 1.82) is 0 Å². The fourth-order valence-electron chi connectivity index (χ4n) is 3.38. The van der Waals surface area contributed by atoms with E-state index in [1.165, 1.54) is 18.0 Å². The number of hydrazone groups is 1. The number of hydrogen-bond acceptors (Lipinski definition) is 6. The van der Waals surface area contributed by atoms with Crippen LogP contribution in [0.3, 0.4) is 0 Å². The van der Waals surface area contributed by atoms with E-state index in [4.69, 9.17) is 0 Å². The Bertz CT molecular complexity index is 1110. The number of aromatic nitrogens is 1. The minimum Gasteiger partial charge on any atom is -0.507 e. The number of nitrogens with zero attached hydrogens (tertiary/aromatic N) is 3. The van der Waals surface area contributed by atoms with Gasteiger partial charge < -0.3 is 10.0 Å². The number of thioether (sulfide) groups is 1. The van der Waals surface area contributed by atoms with E-state index in [-0.39, 0.29) is 17.4 Å². The lowest BCUT2D eigenvalue weighted by Gasteiger charge is -2.21. The van der Waals surface area contributed by atoms with Crippen molar-refractivity contribution in [2.24, 2.45) is 5.10 Å². The maximum absolute atomic E-state index is 12.3. The van der Waals surface area contributed by atoms with Crippen molar-refractivity contribution < 1.29 is 9.90 Å². The molecule has 0 spiro atoms. The average Bonchev–Trinajstić information content (AvgIpc) is 2.75. The van der Waals surface area contributed by atoms with Gasteiger partial charge >= 0.3 is 0 Å². The van der Waals surface area contributed by atoms with E-state index in [1.54, 1.807) is 12.1 Å². The van der Waals surface area contributed by atoms with Gasteiger partial charge in [0.1, 0.15) is 5.75 Å². The first-order chi connectivity index (χ1) is 14.9. The standard InChI is InChI=1S/C24H28N4O2S/c1-5-28(6-2)19-11-10-18(21(29)13-19)14-25-27-23(30)15-31-22-12-17(4)26-24-16(3)8-7-9-20(22)24/h7-14,29H,5-6,15H2,1-4H3,(H,27,30)/b25-14-. The van der Waals surface area contributed by atoms with Crippen LogP contribution < -0.4 is 10.3 Å². The number of phenolic OH excluding ortho intramolecular Hbond substituents is 1. The maximum atomic E-state index is 12.3. The Morgan fingerprint density at radius 2 is 1.97 bits per heavy atom. The number of amides is 1. The molecule has 6 nitrogen and oxygen atoms in total. The number of aryl methyl sites for hydroxylation is 2. The van der Waals surface area contributed by atoms with E-state index in [0.717, 1.165) is 45.8 Å². The SMILES string of the molecule is CCN(CC)c1ccc(/C=N\NC(=O)CSc2cc(C)nc3c(C)cccc23)c(O)c1. The van der Waals surface area contributed by atoms with Crippen LogP contribution in [0.5, 0.6) is 5.75 Å². The van der Waals surface area contributed by atoms with Crippen LogP contribution in [-0.2, 0) is 4.79 Å². The Morgan fingerprint density at radius 3 is 2.68 bits per heavy atom. The predicted octanol–water partition coefficient (Wildman–Crippen LogP) is 4.65. The van der Waals surface area contributed by atoms with Crippen LogP contribution in [0.2, 0.25) is 0 Å². The molecule has 0 unspecified atom stereocenters. The van der Waals surface area contributed by atoms with Gasteiger partial charge in [-0.25, -0.2) is 5.43 Å². The van der Waals surface area contributed by atoms with Gasteiger partial charge in [-0.15, -0.1) is 11.8 Å². The summed E-state index contributed by atoms with van der Waals surface area (Å²) >= 11 is 1.46. The largest absolute Gasteiger partial charge is 0.507 e. The zero-order valence-corrected chi connectivity index (χ0v) is 19.2. The number of hydrogen-bond donors (Lipinski definition) is 2. The Kier molecular flexibility index (Phi) is 7.52. The summed E-state index contributed by atoms with van der Waals surface area (Å²) in [5.74, 6) is 0.151. The lowest BCUT2D eigenvalue weighted by molar-refractivity contribution is -0.118. The lowest BCUT2D eigenvalue weighted by Crippen LogP contribution is -2.21. The fourth-order valence-corrected chi connectivity index (χ4v) is 4.30. The van der Waals surface area contributed by atoms with Gasteiger partial charge in [0.2, 0.25) is 5.91 Å². The summed E-state index contributed by atoms with van der Waals surface area (Å²) in [5, 5.41) is 15.3. The summed E-state index contributed by atoms with van der Waals surface area (Å²) in [6, 6.07) is 13.5. The first-order valence-corrected chi connectivity index (χ1v) is 11.3. The monoisotopic (exact) mass is 436 g/mol. The minimum absolute atomic E-state index is 0.130. The number of fused-ring (bicyclic) bond motifs is 1. The van der Waals surface area contributed by atoms with Crippen LogP contribution in [0.4, 0.5) is 5.69 Å². The first-order valence-electron chi connectivity index (χ1n) is 10.3. The van der Waals surface area contributed by atoms with Crippen LogP contribution in [0, 0.1) is 13.8 Å². The topological polar surface area (TPSA) is 77.8 Å².